The number of thiophene rings is 1. The Morgan fingerprint density at radius 1 is 1.05 bits per heavy atom. The molecule has 0 N–H and O–H groups in total. The number of alkyl halides is 3. The number of benzene rings is 1. The Balaban J connectivity index is 2.25. The van der Waals surface area contributed by atoms with Crippen molar-refractivity contribution in [2.45, 2.75) is 16.4 Å². The lowest BCUT2D eigenvalue weighted by atomic mass is 10.1. The maximum Gasteiger partial charge on any atom is 0.408 e. The van der Waals surface area contributed by atoms with E-state index in [1.807, 2.05) is 0 Å². The van der Waals surface area contributed by atoms with Crippen LogP contribution in [0.4, 0.5) is 22.0 Å². The van der Waals surface area contributed by atoms with Crippen molar-refractivity contribution < 1.29 is 22.0 Å². The zero-order valence-electron chi connectivity index (χ0n) is 10.7. The van der Waals surface area contributed by atoms with Crippen LogP contribution in [0, 0.1) is 10.9 Å². The van der Waals surface area contributed by atoms with Gasteiger partial charge in [0.25, 0.3) is 0 Å². The Bertz CT molecular complexity index is 593. The van der Waals surface area contributed by atoms with Crippen LogP contribution in [0.5, 0.6) is 0 Å². The Kier molecular flexibility index (Phi) is 4.90. The van der Waals surface area contributed by atoms with Gasteiger partial charge in [0.15, 0.2) is 5.13 Å². The number of hydrogen-bond donors (Lipinski definition) is 0. The SMILES string of the molecule is CN(Sc1ccc(F)s1)C(c1ccc(F)cc1)C(F)(F)F. The van der Waals surface area contributed by atoms with Crippen molar-refractivity contribution in [3.63, 3.8) is 0 Å². The summed E-state index contributed by atoms with van der Waals surface area (Å²) in [6, 6.07) is 4.86. The zero-order chi connectivity index (χ0) is 15.6. The van der Waals surface area contributed by atoms with Gasteiger partial charge in [-0.1, -0.05) is 23.5 Å². The van der Waals surface area contributed by atoms with Gasteiger partial charge in [0.05, 0.1) is 4.21 Å². The molecule has 1 aromatic heterocycles. The smallest absolute Gasteiger partial charge is 0.232 e. The molecule has 0 saturated heterocycles. The van der Waals surface area contributed by atoms with Gasteiger partial charge in [-0.2, -0.15) is 17.6 Å². The van der Waals surface area contributed by atoms with E-state index in [0.29, 0.717) is 4.21 Å². The van der Waals surface area contributed by atoms with Crippen molar-refractivity contribution in [1.29, 1.82) is 0 Å². The highest BCUT2D eigenvalue weighted by Gasteiger charge is 2.44. The second-order valence-electron chi connectivity index (χ2n) is 4.19. The minimum absolute atomic E-state index is 0.0732. The van der Waals surface area contributed by atoms with Gasteiger partial charge in [0.2, 0.25) is 0 Å². The Morgan fingerprint density at radius 2 is 1.67 bits per heavy atom. The molecule has 1 nitrogen and oxygen atoms in total. The summed E-state index contributed by atoms with van der Waals surface area (Å²) in [5.41, 5.74) is -0.0732. The highest BCUT2D eigenvalue weighted by Crippen LogP contribution is 2.42. The number of rotatable bonds is 4. The molecule has 8 heteroatoms. The van der Waals surface area contributed by atoms with E-state index in [2.05, 4.69) is 0 Å². The second-order valence-corrected chi connectivity index (χ2v) is 6.68. The number of halogens is 5. The van der Waals surface area contributed by atoms with Crippen LogP contribution in [-0.2, 0) is 0 Å². The van der Waals surface area contributed by atoms with E-state index in [9.17, 15) is 22.0 Å². The average Bonchev–Trinajstić information content (AvgIpc) is 2.76. The molecule has 1 atom stereocenters. The number of nitrogens with zero attached hydrogens (tertiary/aromatic N) is 1. The van der Waals surface area contributed by atoms with Crippen LogP contribution in [0.2, 0.25) is 0 Å². The van der Waals surface area contributed by atoms with Crippen molar-refractivity contribution in [2.24, 2.45) is 0 Å². The summed E-state index contributed by atoms with van der Waals surface area (Å²) in [4.78, 5) is 0. The van der Waals surface area contributed by atoms with Gasteiger partial charge < -0.3 is 0 Å². The summed E-state index contributed by atoms with van der Waals surface area (Å²) in [7, 11) is 1.27. The first-order chi connectivity index (χ1) is 9.77. The molecule has 2 rings (SSSR count). The van der Waals surface area contributed by atoms with Crippen LogP contribution in [0.1, 0.15) is 11.6 Å². The summed E-state index contributed by atoms with van der Waals surface area (Å²) in [6.45, 7) is 0. The van der Waals surface area contributed by atoms with Crippen LogP contribution in [0.15, 0.2) is 40.6 Å². The van der Waals surface area contributed by atoms with Crippen LogP contribution in [0.3, 0.4) is 0 Å². The maximum atomic E-state index is 13.2. The molecule has 0 radical (unpaired) electrons. The van der Waals surface area contributed by atoms with Gasteiger partial charge in [-0.3, -0.25) is 0 Å². The minimum Gasteiger partial charge on any atom is -0.232 e. The summed E-state index contributed by atoms with van der Waals surface area (Å²) in [5, 5.41) is -0.462. The fourth-order valence-electron chi connectivity index (χ4n) is 1.79. The molecule has 0 saturated carbocycles. The fraction of sp³-hybridized carbons (Fsp3) is 0.231. The molecule has 0 aliphatic rings. The van der Waals surface area contributed by atoms with Crippen molar-refractivity contribution in [2.75, 3.05) is 7.05 Å². The summed E-state index contributed by atoms with van der Waals surface area (Å²) < 4.78 is 66.9. The lowest BCUT2D eigenvalue weighted by Crippen LogP contribution is -2.31. The quantitative estimate of drug-likeness (QED) is 0.551. The first-order valence-electron chi connectivity index (χ1n) is 5.75. The van der Waals surface area contributed by atoms with Crippen molar-refractivity contribution in [3.05, 3.63) is 52.9 Å². The molecule has 0 aliphatic heterocycles. The second kappa shape index (κ2) is 6.33. The summed E-state index contributed by atoms with van der Waals surface area (Å²) in [5.74, 6) is -0.602. The van der Waals surface area contributed by atoms with E-state index in [1.165, 1.54) is 19.2 Å². The van der Waals surface area contributed by atoms with Crippen molar-refractivity contribution in [3.8, 4) is 0 Å². The predicted octanol–water partition coefficient (Wildman–Crippen LogP) is 5.27. The largest absolute Gasteiger partial charge is 0.408 e. The molecule has 114 valence electrons. The standard InChI is InChI=1S/C13H10F5NS2/c1-19(21-11-7-6-10(15)20-11)12(13(16,17)18)8-2-4-9(14)5-3-8/h2-7,12H,1H3. The van der Waals surface area contributed by atoms with E-state index < -0.39 is 23.2 Å². The third-order valence-electron chi connectivity index (χ3n) is 2.64. The van der Waals surface area contributed by atoms with Gasteiger partial charge in [-0.05, 0) is 48.8 Å². The third kappa shape index (κ3) is 4.18. The molecule has 0 spiro atoms. The highest BCUT2D eigenvalue weighted by molar-refractivity contribution is 7.98. The average molecular weight is 339 g/mol. The van der Waals surface area contributed by atoms with E-state index in [4.69, 9.17) is 0 Å². The van der Waals surface area contributed by atoms with E-state index in [0.717, 1.165) is 51.9 Å². The molecular weight excluding hydrogens is 329 g/mol. The Hall–Kier alpha value is -1.12. The van der Waals surface area contributed by atoms with E-state index >= 15 is 0 Å². The van der Waals surface area contributed by atoms with Crippen molar-refractivity contribution in [1.82, 2.24) is 4.31 Å². The summed E-state index contributed by atoms with van der Waals surface area (Å²) in [6.07, 6.45) is -4.53. The fourth-order valence-corrected chi connectivity index (χ4v) is 3.76. The molecule has 1 aromatic carbocycles. The van der Waals surface area contributed by atoms with E-state index in [1.54, 1.807) is 0 Å². The lowest BCUT2D eigenvalue weighted by Gasteiger charge is -2.28. The molecule has 0 amide bonds. The third-order valence-corrected chi connectivity index (χ3v) is 4.60. The van der Waals surface area contributed by atoms with E-state index in [-0.39, 0.29) is 5.56 Å². The van der Waals surface area contributed by atoms with Gasteiger partial charge in [0, 0.05) is 0 Å². The first kappa shape index (κ1) is 16.3. The van der Waals surface area contributed by atoms with Gasteiger partial charge >= 0.3 is 6.18 Å². The van der Waals surface area contributed by atoms with Gasteiger partial charge in [-0.15, -0.1) is 0 Å². The van der Waals surface area contributed by atoms with Crippen LogP contribution in [0.25, 0.3) is 0 Å². The maximum absolute atomic E-state index is 13.2. The van der Waals surface area contributed by atoms with Crippen molar-refractivity contribution >= 4 is 23.3 Å². The molecule has 0 bridgehead atoms. The number of hydrogen-bond acceptors (Lipinski definition) is 3. The molecule has 0 aliphatic carbocycles. The first-order valence-corrected chi connectivity index (χ1v) is 7.34. The zero-order valence-corrected chi connectivity index (χ0v) is 12.3. The highest BCUT2D eigenvalue weighted by atomic mass is 32.2. The molecule has 1 unspecified atom stereocenters. The van der Waals surface area contributed by atoms with Gasteiger partial charge in [-0.25, -0.2) is 8.70 Å². The molecule has 21 heavy (non-hydrogen) atoms. The van der Waals surface area contributed by atoms with Gasteiger partial charge in [0.1, 0.15) is 11.9 Å². The molecule has 0 fully saturated rings. The van der Waals surface area contributed by atoms with Crippen LogP contribution >= 0.6 is 23.3 Å². The molecular formula is C13H10F5NS2. The Morgan fingerprint density at radius 3 is 2.14 bits per heavy atom. The molecule has 2 aromatic rings. The minimum atomic E-state index is -4.53. The van der Waals surface area contributed by atoms with Crippen LogP contribution in [-0.4, -0.2) is 17.5 Å². The molecule has 1 heterocycles. The Labute approximate surface area is 126 Å². The van der Waals surface area contributed by atoms with Crippen LogP contribution < -0.4 is 0 Å². The monoisotopic (exact) mass is 339 g/mol. The lowest BCUT2D eigenvalue weighted by molar-refractivity contribution is -0.169. The topological polar surface area (TPSA) is 3.24 Å². The summed E-state index contributed by atoms with van der Waals surface area (Å²) >= 11 is 1.57. The predicted molar refractivity (Wildman–Crippen MR) is 73.1 cm³/mol. The normalized spacial score (nSPS) is 13.7.